The average molecular weight is 292 g/mol. The Kier molecular flexibility index (Phi) is 3.70. The van der Waals surface area contributed by atoms with E-state index in [-0.39, 0.29) is 5.91 Å². The standard InChI is InChI=1S/C17H16N4O/c1-12(19-20-17(22)13-8-4-3-5-9-13)16-18-14-10-6-7-11-15(14)21(16)2/h3-11H,1-2H3,(H,20,22)/b19-12-. The molecule has 1 amide bonds. The highest BCUT2D eigenvalue weighted by Crippen LogP contribution is 2.14. The van der Waals surface area contributed by atoms with Crippen LogP contribution in [0.2, 0.25) is 0 Å². The topological polar surface area (TPSA) is 59.3 Å². The van der Waals surface area contributed by atoms with Gasteiger partial charge in [0.2, 0.25) is 0 Å². The molecule has 110 valence electrons. The Hall–Kier alpha value is -2.95. The van der Waals surface area contributed by atoms with Gasteiger partial charge in [-0.15, -0.1) is 0 Å². The van der Waals surface area contributed by atoms with Crippen molar-refractivity contribution in [1.82, 2.24) is 15.0 Å². The van der Waals surface area contributed by atoms with Crippen LogP contribution in [0.3, 0.4) is 0 Å². The molecule has 0 atom stereocenters. The van der Waals surface area contributed by atoms with E-state index in [2.05, 4.69) is 15.5 Å². The molecule has 1 aromatic heterocycles. The zero-order chi connectivity index (χ0) is 15.5. The maximum atomic E-state index is 12.0. The average Bonchev–Trinajstić information content (AvgIpc) is 2.90. The Morgan fingerprint density at radius 3 is 2.50 bits per heavy atom. The second-order valence-corrected chi connectivity index (χ2v) is 4.99. The first-order valence-corrected chi connectivity index (χ1v) is 6.98. The summed E-state index contributed by atoms with van der Waals surface area (Å²) in [7, 11) is 1.93. The van der Waals surface area contributed by atoms with Crippen molar-refractivity contribution in [3.63, 3.8) is 0 Å². The predicted octanol–water partition coefficient (Wildman–Crippen LogP) is 2.73. The lowest BCUT2D eigenvalue weighted by molar-refractivity contribution is 0.0955. The highest BCUT2D eigenvalue weighted by Gasteiger charge is 2.10. The summed E-state index contributed by atoms with van der Waals surface area (Å²) in [5, 5.41) is 4.16. The summed E-state index contributed by atoms with van der Waals surface area (Å²) < 4.78 is 1.96. The van der Waals surface area contributed by atoms with Crippen molar-refractivity contribution in [3.8, 4) is 0 Å². The number of aryl methyl sites for hydroxylation is 1. The number of imidazole rings is 1. The Balaban J connectivity index is 1.85. The monoisotopic (exact) mass is 292 g/mol. The van der Waals surface area contributed by atoms with Crippen LogP contribution in [0.5, 0.6) is 0 Å². The van der Waals surface area contributed by atoms with E-state index in [0.29, 0.717) is 11.3 Å². The number of hydrogen-bond donors (Lipinski definition) is 1. The van der Waals surface area contributed by atoms with Gasteiger partial charge in [0.1, 0.15) is 5.71 Å². The van der Waals surface area contributed by atoms with Crippen LogP contribution in [0.1, 0.15) is 23.1 Å². The fraction of sp³-hybridized carbons (Fsp3) is 0.118. The van der Waals surface area contributed by atoms with Gasteiger partial charge in [-0.05, 0) is 31.2 Å². The van der Waals surface area contributed by atoms with Crippen LogP contribution < -0.4 is 5.43 Å². The lowest BCUT2D eigenvalue weighted by atomic mass is 10.2. The first-order valence-electron chi connectivity index (χ1n) is 6.98. The molecule has 0 fully saturated rings. The molecule has 5 nitrogen and oxygen atoms in total. The van der Waals surface area contributed by atoms with Crippen molar-refractivity contribution < 1.29 is 4.79 Å². The number of benzene rings is 2. The van der Waals surface area contributed by atoms with E-state index in [9.17, 15) is 4.79 Å². The summed E-state index contributed by atoms with van der Waals surface area (Å²) in [6.45, 7) is 1.83. The van der Waals surface area contributed by atoms with Crippen LogP contribution in [-0.2, 0) is 7.05 Å². The third-order valence-corrected chi connectivity index (χ3v) is 3.47. The van der Waals surface area contributed by atoms with E-state index in [1.54, 1.807) is 12.1 Å². The molecule has 22 heavy (non-hydrogen) atoms. The molecule has 0 bridgehead atoms. The molecule has 0 unspecified atom stereocenters. The van der Waals surface area contributed by atoms with Crippen molar-refractivity contribution in [2.45, 2.75) is 6.92 Å². The van der Waals surface area contributed by atoms with Gasteiger partial charge in [-0.25, -0.2) is 10.4 Å². The summed E-state index contributed by atoms with van der Waals surface area (Å²) in [5.41, 5.74) is 5.73. The van der Waals surface area contributed by atoms with E-state index in [1.165, 1.54) is 0 Å². The molecule has 3 rings (SSSR count). The Morgan fingerprint density at radius 2 is 1.77 bits per heavy atom. The normalized spacial score (nSPS) is 11.6. The summed E-state index contributed by atoms with van der Waals surface area (Å²) in [6.07, 6.45) is 0. The van der Waals surface area contributed by atoms with Crippen LogP contribution in [0.25, 0.3) is 11.0 Å². The van der Waals surface area contributed by atoms with Gasteiger partial charge in [0.15, 0.2) is 5.82 Å². The fourth-order valence-corrected chi connectivity index (χ4v) is 2.31. The molecular formula is C17H16N4O. The number of carbonyl (C=O) groups is 1. The molecule has 0 aliphatic carbocycles. The smallest absolute Gasteiger partial charge is 0.271 e. The molecule has 0 spiro atoms. The molecular weight excluding hydrogens is 276 g/mol. The molecule has 5 heteroatoms. The minimum absolute atomic E-state index is 0.237. The second kappa shape index (κ2) is 5.81. The Bertz CT molecular complexity index is 849. The number of hydrogen-bond acceptors (Lipinski definition) is 3. The van der Waals surface area contributed by atoms with Gasteiger partial charge in [0.05, 0.1) is 11.0 Å². The number of aromatic nitrogens is 2. The van der Waals surface area contributed by atoms with Gasteiger partial charge in [0.25, 0.3) is 5.91 Å². The van der Waals surface area contributed by atoms with E-state index < -0.39 is 0 Å². The molecule has 0 saturated heterocycles. The fourth-order valence-electron chi connectivity index (χ4n) is 2.31. The zero-order valence-corrected chi connectivity index (χ0v) is 12.4. The first kappa shape index (κ1) is 14.0. The van der Waals surface area contributed by atoms with Crippen molar-refractivity contribution in [2.75, 3.05) is 0 Å². The summed E-state index contributed by atoms with van der Waals surface area (Å²) in [5.74, 6) is 0.494. The summed E-state index contributed by atoms with van der Waals surface area (Å²) in [4.78, 5) is 16.5. The van der Waals surface area contributed by atoms with E-state index >= 15 is 0 Å². The zero-order valence-electron chi connectivity index (χ0n) is 12.4. The molecule has 1 heterocycles. The number of nitrogens with one attached hydrogen (secondary N) is 1. The van der Waals surface area contributed by atoms with Gasteiger partial charge >= 0.3 is 0 Å². The first-order chi connectivity index (χ1) is 10.7. The lowest BCUT2D eigenvalue weighted by Gasteiger charge is -2.03. The van der Waals surface area contributed by atoms with Gasteiger partial charge < -0.3 is 4.57 Å². The van der Waals surface area contributed by atoms with Crippen LogP contribution in [-0.4, -0.2) is 21.2 Å². The number of nitrogens with zero attached hydrogens (tertiary/aromatic N) is 3. The number of rotatable bonds is 3. The van der Waals surface area contributed by atoms with Gasteiger partial charge in [-0.3, -0.25) is 4.79 Å². The predicted molar refractivity (Wildman–Crippen MR) is 86.8 cm³/mol. The summed E-state index contributed by atoms with van der Waals surface area (Å²) >= 11 is 0. The third kappa shape index (κ3) is 2.61. The quantitative estimate of drug-likeness (QED) is 0.596. The molecule has 3 aromatic rings. The molecule has 0 aliphatic heterocycles. The van der Waals surface area contributed by atoms with E-state index in [0.717, 1.165) is 16.9 Å². The maximum Gasteiger partial charge on any atom is 0.271 e. The van der Waals surface area contributed by atoms with Crippen LogP contribution in [0.4, 0.5) is 0 Å². The highest BCUT2D eigenvalue weighted by molar-refractivity contribution is 6.00. The third-order valence-electron chi connectivity index (χ3n) is 3.47. The molecule has 0 radical (unpaired) electrons. The number of carbonyl (C=O) groups excluding carboxylic acids is 1. The maximum absolute atomic E-state index is 12.0. The van der Waals surface area contributed by atoms with Gasteiger partial charge in [0, 0.05) is 12.6 Å². The Labute approximate surface area is 128 Å². The largest absolute Gasteiger partial charge is 0.326 e. The van der Waals surface area contributed by atoms with Crippen LogP contribution >= 0.6 is 0 Å². The number of hydrazone groups is 1. The van der Waals surface area contributed by atoms with Gasteiger partial charge in [-0.1, -0.05) is 30.3 Å². The van der Waals surface area contributed by atoms with Gasteiger partial charge in [-0.2, -0.15) is 5.10 Å². The van der Waals surface area contributed by atoms with E-state index in [4.69, 9.17) is 0 Å². The van der Waals surface area contributed by atoms with E-state index in [1.807, 2.05) is 61.0 Å². The number of para-hydroxylation sites is 2. The minimum atomic E-state index is -0.237. The Morgan fingerprint density at radius 1 is 1.09 bits per heavy atom. The molecule has 2 aromatic carbocycles. The number of fused-ring (bicyclic) bond motifs is 1. The van der Waals surface area contributed by atoms with Crippen LogP contribution in [0, 0.1) is 0 Å². The lowest BCUT2D eigenvalue weighted by Crippen LogP contribution is -2.20. The number of amides is 1. The summed E-state index contributed by atoms with van der Waals surface area (Å²) in [6, 6.07) is 16.9. The van der Waals surface area contributed by atoms with Crippen molar-refractivity contribution >= 4 is 22.7 Å². The molecule has 1 N–H and O–H groups in total. The van der Waals surface area contributed by atoms with Crippen molar-refractivity contribution in [3.05, 3.63) is 66.0 Å². The van der Waals surface area contributed by atoms with Crippen molar-refractivity contribution in [2.24, 2.45) is 12.1 Å². The van der Waals surface area contributed by atoms with Crippen LogP contribution in [0.15, 0.2) is 59.7 Å². The van der Waals surface area contributed by atoms with Crippen molar-refractivity contribution in [1.29, 1.82) is 0 Å². The molecule has 0 saturated carbocycles. The molecule has 0 aliphatic rings. The SMILES string of the molecule is C/C(=N/NC(=O)c1ccccc1)c1nc2ccccc2n1C. The second-order valence-electron chi connectivity index (χ2n) is 4.99. The minimum Gasteiger partial charge on any atom is -0.326 e. The highest BCUT2D eigenvalue weighted by atomic mass is 16.2.